The molecule has 11 heteroatoms. The summed E-state index contributed by atoms with van der Waals surface area (Å²) in [6, 6.07) is 0.861. The molecule has 7 nitrogen and oxygen atoms in total. The summed E-state index contributed by atoms with van der Waals surface area (Å²) in [5.74, 6) is 0.725. The van der Waals surface area contributed by atoms with Crippen LogP contribution in [0.15, 0.2) is 23.2 Å². The average molecular weight is 430 g/mol. The van der Waals surface area contributed by atoms with Crippen LogP contribution in [0.5, 0.6) is 0 Å². The van der Waals surface area contributed by atoms with Gasteiger partial charge in [-0.15, -0.1) is 0 Å². The summed E-state index contributed by atoms with van der Waals surface area (Å²) in [6.45, 7) is 1.28. The van der Waals surface area contributed by atoms with Crippen LogP contribution in [0.1, 0.15) is 24.6 Å². The van der Waals surface area contributed by atoms with E-state index in [2.05, 4.69) is 41.0 Å². The lowest BCUT2D eigenvalue weighted by Gasteiger charge is -2.33. The van der Waals surface area contributed by atoms with Crippen molar-refractivity contribution in [3.63, 3.8) is 0 Å². The molecule has 26 heavy (non-hydrogen) atoms. The van der Waals surface area contributed by atoms with Gasteiger partial charge in [0.2, 0.25) is 0 Å². The Morgan fingerprint density at radius 2 is 2.04 bits per heavy atom. The van der Waals surface area contributed by atoms with Crippen LogP contribution < -0.4 is 4.90 Å². The monoisotopic (exact) mass is 429 g/mol. The van der Waals surface area contributed by atoms with Crippen LogP contribution in [0.25, 0.3) is 11.0 Å². The van der Waals surface area contributed by atoms with Gasteiger partial charge in [-0.2, -0.15) is 23.4 Å². The van der Waals surface area contributed by atoms with E-state index >= 15 is 0 Å². The maximum Gasteiger partial charge on any atom is 0.435 e. The number of aromatic nitrogens is 6. The van der Waals surface area contributed by atoms with Gasteiger partial charge in [-0.25, -0.2) is 14.6 Å². The summed E-state index contributed by atoms with van der Waals surface area (Å²) in [5, 5.41) is 8.84. The standard InChI is InChI=1S/C15H15BrF3N7/c1-24-13-11(12(16)23-24)14(21-8-20-13)25-5-2-3-9(7-25)26-6-4-10(22-26)15(17,18)19/h4,6,8-9H,2-3,5,7H2,1H3. The Bertz CT molecular complexity index is 949. The molecular weight excluding hydrogens is 415 g/mol. The molecule has 4 heterocycles. The van der Waals surface area contributed by atoms with E-state index in [1.807, 2.05) is 0 Å². The molecule has 0 radical (unpaired) electrons. The van der Waals surface area contributed by atoms with E-state index in [1.165, 1.54) is 17.2 Å². The predicted octanol–water partition coefficient (Wildman–Crippen LogP) is 3.18. The Morgan fingerprint density at radius 3 is 2.77 bits per heavy atom. The molecule has 1 aliphatic rings. The lowest BCUT2D eigenvalue weighted by Crippen LogP contribution is -2.37. The largest absolute Gasteiger partial charge is 0.435 e. The third-order valence-electron chi connectivity index (χ3n) is 4.53. The molecule has 0 saturated carbocycles. The van der Waals surface area contributed by atoms with Gasteiger partial charge in [0.15, 0.2) is 11.3 Å². The van der Waals surface area contributed by atoms with E-state index < -0.39 is 11.9 Å². The minimum atomic E-state index is -4.43. The van der Waals surface area contributed by atoms with Crippen molar-refractivity contribution in [3.05, 3.63) is 28.9 Å². The molecular formula is C15H15BrF3N7. The highest BCUT2D eigenvalue weighted by Gasteiger charge is 2.35. The molecule has 1 atom stereocenters. The molecule has 3 aromatic heterocycles. The summed E-state index contributed by atoms with van der Waals surface area (Å²) >= 11 is 3.44. The van der Waals surface area contributed by atoms with Crippen molar-refractivity contribution < 1.29 is 13.2 Å². The van der Waals surface area contributed by atoms with E-state index in [4.69, 9.17) is 0 Å². The Kier molecular flexibility index (Phi) is 4.13. The first-order chi connectivity index (χ1) is 12.3. The van der Waals surface area contributed by atoms with Crippen molar-refractivity contribution >= 4 is 32.8 Å². The predicted molar refractivity (Wildman–Crippen MR) is 91.7 cm³/mol. The highest BCUT2D eigenvalue weighted by Crippen LogP contribution is 2.33. The maximum absolute atomic E-state index is 12.8. The Morgan fingerprint density at radius 1 is 1.23 bits per heavy atom. The quantitative estimate of drug-likeness (QED) is 0.625. The third-order valence-corrected chi connectivity index (χ3v) is 5.08. The molecule has 1 fully saturated rings. The molecule has 0 aromatic carbocycles. The highest BCUT2D eigenvalue weighted by molar-refractivity contribution is 9.10. The number of anilines is 1. The van der Waals surface area contributed by atoms with Gasteiger partial charge in [0.1, 0.15) is 16.7 Å². The van der Waals surface area contributed by atoms with Crippen LogP contribution >= 0.6 is 15.9 Å². The maximum atomic E-state index is 12.8. The molecule has 1 unspecified atom stereocenters. The van der Waals surface area contributed by atoms with E-state index in [0.29, 0.717) is 16.8 Å². The normalized spacial score (nSPS) is 18.7. The number of aryl methyl sites for hydroxylation is 1. The fourth-order valence-corrected chi connectivity index (χ4v) is 3.91. The van der Waals surface area contributed by atoms with Gasteiger partial charge in [0.25, 0.3) is 0 Å². The lowest BCUT2D eigenvalue weighted by molar-refractivity contribution is -0.141. The number of piperidine rings is 1. The topological polar surface area (TPSA) is 64.7 Å². The van der Waals surface area contributed by atoms with Crippen molar-refractivity contribution in [1.82, 2.24) is 29.5 Å². The molecule has 1 saturated heterocycles. The Hall–Kier alpha value is -2.17. The van der Waals surface area contributed by atoms with Crippen molar-refractivity contribution in [1.29, 1.82) is 0 Å². The van der Waals surface area contributed by atoms with Gasteiger partial charge in [-0.05, 0) is 34.8 Å². The lowest BCUT2D eigenvalue weighted by atomic mass is 10.1. The van der Waals surface area contributed by atoms with Crippen LogP contribution in [0, 0.1) is 0 Å². The minimum Gasteiger partial charge on any atom is -0.354 e. The first kappa shape index (κ1) is 17.3. The molecule has 1 aliphatic heterocycles. The number of halogens is 4. The Labute approximate surface area is 154 Å². The highest BCUT2D eigenvalue weighted by atomic mass is 79.9. The summed E-state index contributed by atoms with van der Waals surface area (Å²) < 4.78 is 42.2. The van der Waals surface area contributed by atoms with Crippen molar-refractivity contribution in [3.8, 4) is 0 Å². The third kappa shape index (κ3) is 2.93. The second-order valence-corrected chi connectivity index (χ2v) is 6.98. The Balaban J connectivity index is 1.65. The van der Waals surface area contributed by atoms with Gasteiger partial charge in [-0.1, -0.05) is 0 Å². The van der Waals surface area contributed by atoms with Crippen LogP contribution in [0.2, 0.25) is 0 Å². The van der Waals surface area contributed by atoms with Crippen molar-refractivity contribution in [2.45, 2.75) is 25.1 Å². The second-order valence-electron chi connectivity index (χ2n) is 6.23. The molecule has 0 spiro atoms. The van der Waals surface area contributed by atoms with Crippen LogP contribution in [-0.4, -0.2) is 42.6 Å². The molecule has 3 aromatic rings. The summed E-state index contributed by atoms with van der Waals surface area (Å²) in [6.07, 6.45) is 0.0315. The second kappa shape index (κ2) is 6.22. The number of hydrogen-bond acceptors (Lipinski definition) is 5. The number of hydrogen-bond donors (Lipinski definition) is 0. The zero-order valence-electron chi connectivity index (χ0n) is 13.8. The molecule has 0 N–H and O–H groups in total. The number of alkyl halides is 3. The summed E-state index contributed by atoms with van der Waals surface area (Å²) in [7, 11) is 1.80. The van der Waals surface area contributed by atoms with Gasteiger partial charge < -0.3 is 4.90 Å². The van der Waals surface area contributed by atoms with Crippen molar-refractivity contribution in [2.24, 2.45) is 7.05 Å². The zero-order valence-corrected chi connectivity index (χ0v) is 15.4. The smallest absolute Gasteiger partial charge is 0.354 e. The molecule has 4 rings (SSSR count). The van der Waals surface area contributed by atoms with Gasteiger partial charge in [0.05, 0.1) is 11.4 Å². The molecule has 0 amide bonds. The van der Waals surface area contributed by atoms with Crippen LogP contribution in [0.3, 0.4) is 0 Å². The zero-order chi connectivity index (χ0) is 18.5. The van der Waals surface area contributed by atoms with Crippen molar-refractivity contribution in [2.75, 3.05) is 18.0 Å². The summed E-state index contributed by atoms with van der Waals surface area (Å²) in [4.78, 5) is 10.7. The first-order valence-electron chi connectivity index (χ1n) is 8.05. The van der Waals surface area contributed by atoms with E-state index in [-0.39, 0.29) is 6.04 Å². The number of nitrogens with zero attached hydrogens (tertiary/aromatic N) is 7. The van der Waals surface area contributed by atoms with Crippen LogP contribution in [0.4, 0.5) is 19.0 Å². The number of fused-ring (bicyclic) bond motifs is 1. The molecule has 0 bridgehead atoms. The van der Waals surface area contributed by atoms with Gasteiger partial charge in [0, 0.05) is 26.3 Å². The van der Waals surface area contributed by atoms with E-state index in [9.17, 15) is 13.2 Å². The number of rotatable bonds is 2. The fourth-order valence-electron chi connectivity index (χ4n) is 3.32. The SMILES string of the molecule is Cn1nc(Br)c2c(N3CCCC(n4ccc(C(F)(F)F)n4)C3)ncnc21. The van der Waals surface area contributed by atoms with Gasteiger partial charge in [-0.3, -0.25) is 4.68 Å². The summed E-state index contributed by atoms with van der Waals surface area (Å²) in [5.41, 5.74) is -0.170. The minimum absolute atomic E-state index is 0.152. The average Bonchev–Trinajstić information content (AvgIpc) is 3.21. The molecule has 0 aliphatic carbocycles. The van der Waals surface area contributed by atoms with Gasteiger partial charge >= 0.3 is 6.18 Å². The van der Waals surface area contributed by atoms with E-state index in [0.717, 1.165) is 36.7 Å². The van der Waals surface area contributed by atoms with Crippen LogP contribution in [-0.2, 0) is 13.2 Å². The van der Waals surface area contributed by atoms with E-state index in [1.54, 1.807) is 11.7 Å². The molecule has 138 valence electrons. The fraction of sp³-hybridized carbons (Fsp3) is 0.467. The first-order valence-corrected chi connectivity index (χ1v) is 8.84.